The van der Waals surface area contributed by atoms with Crippen LogP contribution in [0.15, 0.2) is 24.3 Å². The summed E-state index contributed by atoms with van der Waals surface area (Å²) >= 11 is 0. The van der Waals surface area contributed by atoms with Gasteiger partial charge in [-0.05, 0) is 31.5 Å². The van der Waals surface area contributed by atoms with Crippen molar-refractivity contribution in [3.05, 3.63) is 29.8 Å². The second kappa shape index (κ2) is 6.12. The molecule has 0 saturated heterocycles. The first kappa shape index (κ1) is 12.5. The largest absolute Gasteiger partial charge is 0.492 e. The summed E-state index contributed by atoms with van der Waals surface area (Å²) in [7, 11) is 0. The Morgan fingerprint density at radius 2 is 2.31 bits per heavy atom. The predicted molar refractivity (Wildman–Crippen MR) is 61.8 cm³/mol. The van der Waals surface area contributed by atoms with E-state index in [9.17, 15) is 4.79 Å². The Kier molecular flexibility index (Phi) is 4.79. The topological polar surface area (TPSA) is 58.6 Å². The SMILES string of the molecule is Cc1cccc(OCCN[C@H](C)C(=O)O)c1. The molecule has 0 saturated carbocycles. The van der Waals surface area contributed by atoms with Crippen LogP contribution in [0.1, 0.15) is 12.5 Å². The van der Waals surface area contributed by atoms with Crippen LogP contribution in [0, 0.1) is 6.92 Å². The van der Waals surface area contributed by atoms with Gasteiger partial charge in [0.1, 0.15) is 18.4 Å². The second-order valence-electron chi connectivity index (χ2n) is 3.68. The van der Waals surface area contributed by atoms with E-state index in [0.29, 0.717) is 13.2 Å². The van der Waals surface area contributed by atoms with Gasteiger partial charge in [-0.1, -0.05) is 12.1 Å². The summed E-state index contributed by atoms with van der Waals surface area (Å²) in [6.07, 6.45) is 0. The molecule has 88 valence electrons. The minimum absolute atomic E-state index is 0.459. The lowest BCUT2D eigenvalue weighted by molar-refractivity contribution is -0.139. The molecular formula is C12H17NO3. The number of aryl methyl sites for hydroxylation is 1. The van der Waals surface area contributed by atoms with Crippen LogP contribution in [0.4, 0.5) is 0 Å². The van der Waals surface area contributed by atoms with Crippen molar-refractivity contribution in [3.8, 4) is 5.75 Å². The highest BCUT2D eigenvalue weighted by atomic mass is 16.5. The Labute approximate surface area is 95.2 Å². The molecule has 1 aromatic rings. The van der Waals surface area contributed by atoms with E-state index in [-0.39, 0.29) is 0 Å². The van der Waals surface area contributed by atoms with Crippen LogP contribution in [-0.2, 0) is 4.79 Å². The quantitative estimate of drug-likeness (QED) is 0.716. The van der Waals surface area contributed by atoms with E-state index in [0.717, 1.165) is 11.3 Å². The van der Waals surface area contributed by atoms with Crippen LogP contribution < -0.4 is 10.1 Å². The molecule has 0 unspecified atom stereocenters. The van der Waals surface area contributed by atoms with Gasteiger partial charge >= 0.3 is 5.97 Å². The minimum Gasteiger partial charge on any atom is -0.492 e. The standard InChI is InChI=1S/C12H17NO3/c1-9-4-3-5-11(8-9)16-7-6-13-10(2)12(14)15/h3-5,8,10,13H,6-7H2,1-2H3,(H,14,15)/t10-/m1/s1. The Morgan fingerprint density at radius 1 is 1.56 bits per heavy atom. The fraction of sp³-hybridized carbons (Fsp3) is 0.417. The van der Waals surface area contributed by atoms with Crippen LogP contribution in [0.3, 0.4) is 0 Å². The Hall–Kier alpha value is -1.55. The summed E-state index contributed by atoms with van der Waals surface area (Å²) in [5.41, 5.74) is 1.14. The van der Waals surface area contributed by atoms with Crippen molar-refractivity contribution in [3.63, 3.8) is 0 Å². The molecule has 0 aliphatic heterocycles. The van der Waals surface area contributed by atoms with Gasteiger partial charge in [0.15, 0.2) is 0 Å². The number of hydrogen-bond acceptors (Lipinski definition) is 3. The lowest BCUT2D eigenvalue weighted by atomic mass is 10.2. The van der Waals surface area contributed by atoms with Crippen LogP contribution >= 0.6 is 0 Å². The van der Waals surface area contributed by atoms with Crippen LogP contribution in [-0.4, -0.2) is 30.3 Å². The molecule has 4 heteroatoms. The molecule has 0 spiro atoms. The summed E-state index contributed by atoms with van der Waals surface area (Å²) in [5, 5.41) is 11.5. The van der Waals surface area contributed by atoms with Gasteiger partial charge < -0.3 is 15.2 Å². The van der Waals surface area contributed by atoms with Gasteiger partial charge in [-0.25, -0.2) is 0 Å². The van der Waals surface area contributed by atoms with E-state index in [1.54, 1.807) is 6.92 Å². The maximum Gasteiger partial charge on any atom is 0.320 e. The average Bonchev–Trinajstić information content (AvgIpc) is 2.24. The molecule has 0 heterocycles. The maximum atomic E-state index is 10.5. The van der Waals surface area contributed by atoms with Crippen molar-refractivity contribution >= 4 is 5.97 Å². The second-order valence-corrected chi connectivity index (χ2v) is 3.68. The van der Waals surface area contributed by atoms with E-state index < -0.39 is 12.0 Å². The average molecular weight is 223 g/mol. The third-order valence-corrected chi connectivity index (χ3v) is 2.18. The molecular weight excluding hydrogens is 206 g/mol. The number of carboxylic acid groups (broad SMARTS) is 1. The van der Waals surface area contributed by atoms with Crippen molar-refractivity contribution in [1.29, 1.82) is 0 Å². The molecule has 1 atom stereocenters. The molecule has 16 heavy (non-hydrogen) atoms. The summed E-state index contributed by atoms with van der Waals surface area (Å²) in [6.45, 7) is 4.58. The van der Waals surface area contributed by atoms with Crippen molar-refractivity contribution in [2.45, 2.75) is 19.9 Å². The maximum absolute atomic E-state index is 10.5. The number of hydrogen-bond donors (Lipinski definition) is 2. The number of carboxylic acids is 1. The molecule has 0 aliphatic carbocycles. The third kappa shape index (κ3) is 4.31. The fourth-order valence-electron chi connectivity index (χ4n) is 1.24. The molecule has 1 rings (SSSR count). The van der Waals surface area contributed by atoms with Gasteiger partial charge in [0.05, 0.1) is 0 Å². The minimum atomic E-state index is -0.851. The van der Waals surface area contributed by atoms with Crippen LogP contribution in [0.2, 0.25) is 0 Å². The van der Waals surface area contributed by atoms with E-state index in [2.05, 4.69) is 5.32 Å². The van der Waals surface area contributed by atoms with Gasteiger partial charge in [0, 0.05) is 6.54 Å². The van der Waals surface area contributed by atoms with Crippen molar-refractivity contribution in [1.82, 2.24) is 5.32 Å². The lowest BCUT2D eigenvalue weighted by Crippen LogP contribution is -2.36. The van der Waals surface area contributed by atoms with E-state index >= 15 is 0 Å². The fourth-order valence-corrected chi connectivity index (χ4v) is 1.24. The highest BCUT2D eigenvalue weighted by Crippen LogP contribution is 2.11. The number of benzene rings is 1. The Bertz CT molecular complexity index is 352. The molecule has 4 nitrogen and oxygen atoms in total. The Morgan fingerprint density at radius 3 is 2.94 bits per heavy atom. The van der Waals surface area contributed by atoms with Gasteiger partial charge in [0.2, 0.25) is 0 Å². The molecule has 0 amide bonds. The van der Waals surface area contributed by atoms with E-state index in [1.165, 1.54) is 0 Å². The molecule has 0 bridgehead atoms. The van der Waals surface area contributed by atoms with Gasteiger partial charge in [-0.15, -0.1) is 0 Å². The lowest BCUT2D eigenvalue weighted by Gasteiger charge is -2.10. The highest BCUT2D eigenvalue weighted by Gasteiger charge is 2.08. The number of ether oxygens (including phenoxy) is 1. The zero-order chi connectivity index (χ0) is 12.0. The number of rotatable bonds is 6. The smallest absolute Gasteiger partial charge is 0.320 e. The van der Waals surface area contributed by atoms with Crippen LogP contribution in [0.5, 0.6) is 5.75 Å². The van der Waals surface area contributed by atoms with E-state index in [1.807, 2.05) is 31.2 Å². The number of carbonyl (C=O) groups is 1. The van der Waals surface area contributed by atoms with Crippen molar-refractivity contribution in [2.24, 2.45) is 0 Å². The van der Waals surface area contributed by atoms with Crippen LogP contribution in [0.25, 0.3) is 0 Å². The zero-order valence-corrected chi connectivity index (χ0v) is 9.56. The monoisotopic (exact) mass is 223 g/mol. The van der Waals surface area contributed by atoms with Gasteiger partial charge in [0.25, 0.3) is 0 Å². The summed E-state index contributed by atoms with van der Waals surface area (Å²) in [6, 6.07) is 7.21. The summed E-state index contributed by atoms with van der Waals surface area (Å²) in [4.78, 5) is 10.5. The highest BCUT2D eigenvalue weighted by molar-refractivity contribution is 5.72. The Balaban J connectivity index is 2.23. The summed E-state index contributed by atoms with van der Waals surface area (Å²) < 4.78 is 5.46. The molecule has 0 aliphatic rings. The van der Waals surface area contributed by atoms with E-state index in [4.69, 9.17) is 9.84 Å². The first-order valence-electron chi connectivity index (χ1n) is 5.25. The molecule has 2 N–H and O–H groups in total. The molecule has 0 aromatic heterocycles. The normalized spacial score (nSPS) is 12.1. The molecule has 0 fully saturated rings. The van der Waals surface area contributed by atoms with Gasteiger partial charge in [-0.3, -0.25) is 4.79 Å². The molecule has 0 radical (unpaired) electrons. The first-order chi connectivity index (χ1) is 7.59. The van der Waals surface area contributed by atoms with Crippen molar-refractivity contribution in [2.75, 3.05) is 13.2 Å². The summed E-state index contributed by atoms with van der Waals surface area (Å²) in [5.74, 6) is -0.0414. The number of aliphatic carboxylic acids is 1. The van der Waals surface area contributed by atoms with Gasteiger partial charge in [-0.2, -0.15) is 0 Å². The third-order valence-electron chi connectivity index (χ3n) is 2.18. The first-order valence-corrected chi connectivity index (χ1v) is 5.25. The predicted octanol–water partition coefficient (Wildman–Crippen LogP) is 1.44. The molecule has 1 aromatic carbocycles. The number of nitrogens with one attached hydrogen (secondary N) is 1. The van der Waals surface area contributed by atoms with Crippen molar-refractivity contribution < 1.29 is 14.6 Å². The zero-order valence-electron chi connectivity index (χ0n) is 9.56.